The summed E-state index contributed by atoms with van der Waals surface area (Å²) in [5.74, 6) is 2.17. The summed E-state index contributed by atoms with van der Waals surface area (Å²) < 4.78 is 5.17. The summed E-state index contributed by atoms with van der Waals surface area (Å²) in [5, 5.41) is 3.67. The van der Waals surface area contributed by atoms with Gasteiger partial charge in [-0.05, 0) is 62.8 Å². The zero-order chi connectivity index (χ0) is 14.1. The van der Waals surface area contributed by atoms with Gasteiger partial charge in [0.15, 0.2) is 0 Å². The van der Waals surface area contributed by atoms with Crippen molar-refractivity contribution in [3.63, 3.8) is 0 Å². The van der Waals surface area contributed by atoms with Crippen molar-refractivity contribution in [2.75, 3.05) is 19.1 Å². The van der Waals surface area contributed by atoms with Gasteiger partial charge in [-0.25, -0.2) is 0 Å². The fraction of sp³-hybridized carbons (Fsp3) is 0.625. The molecule has 108 valence electrons. The molecule has 1 rings (SSSR count). The van der Waals surface area contributed by atoms with Gasteiger partial charge in [-0.2, -0.15) is 11.8 Å². The molecule has 0 bridgehead atoms. The Balaban J connectivity index is 2.26. The van der Waals surface area contributed by atoms with Gasteiger partial charge in [-0.15, -0.1) is 0 Å². The van der Waals surface area contributed by atoms with E-state index in [1.807, 2.05) is 23.9 Å². The highest BCUT2D eigenvalue weighted by atomic mass is 32.2. The minimum atomic E-state index is 0.568. The van der Waals surface area contributed by atoms with Crippen LogP contribution in [-0.2, 0) is 6.42 Å². The van der Waals surface area contributed by atoms with Gasteiger partial charge in [-0.3, -0.25) is 0 Å². The van der Waals surface area contributed by atoms with Crippen LogP contribution in [0.25, 0.3) is 0 Å². The first kappa shape index (κ1) is 16.4. The lowest BCUT2D eigenvalue weighted by atomic mass is 10.1. The van der Waals surface area contributed by atoms with Crippen molar-refractivity contribution in [3.05, 3.63) is 29.8 Å². The number of methoxy groups -OCH3 is 1. The maximum atomic E-state index is 5.17. The molecule has 2 nitrogen and oxygen atoms in total. The van der Waals surface area contributed by atoms with Crippen LogP contribution < -0.4 is 10.1 Å². The topological polar surface area (TPSA) is 21.3 Å². The van der Waals surface area contributed by atoms with Crippen molar-refractivity contribution < 1.29 is 4.74 Å². The Morgan fingerprint density at radius 3 is 2.32 bits per heavy atom. The van der Waals surface area contributed by atoms with Crippen molar-refractivity contribution in [1.29, 1.82) is 0 Å². The zero-order valence-electron chi connectivity index (χ0n) is 12.6. The molecule has 1 N–H and O–H groups in total. The van der Waals surface area contributed by atoms with E-state index in [2.05, 4.69) is 37.6 Å². The molecular weight excluding hydrogens is 254 g/mol. The standard InChI is InChI=1S/C16H27NOS/c1-13(17-14(2)11-12-19-4)5-6-15-7-9-16(18-3)10-8-15/h7-10,13-14,17H,5-6,11-12H2,1-4H3. The minimum Gasteiger partial charge on any atom is -0.497 e. The Bertz CT molecular complexity index is 339. The van der Waals surface area contributed by atoms with Gasteiger partial charge in [0.1, 0.15) is 5.75 Å². The van der Waals surface area contributed by atoms with E-state index in [4.69, 9.17) is 4.74 Å². The predicted molar refractivity (Wildman–Crippen MR) is 86.4 cm³/mol. The van der Waals surface area contributed by atoms with E-state index >= 15 is 0 Å². The molecule has 0 fully saturated rings. The lowest BCUT2D eigenvalue weighted by Crippen LogP contribution is -2.35. The number of benzene rings is 1. The molecule has 2 atom stereocenters. The number of aryl methyl sites for hydroxylation is 1. The minimum absolute atomic E-state index is 0.568. The Morgan fingerprint density at radius 2 is 1.74 bits per heavy atom. The summed E-state index contributed by atoms with van der Waals surface area (Å²) in [6, 6.07) is 9.56. The van der Waals surface area contributed by atoms with Crippen molar-refractivity contribution in [1.82, 2.24) is 5.32 Å². The summed E-state index contributed by atoms with van der Waals surface area (Å²) in [5.41, 5.74) is 1.38. The highest BCUT2D eigenvalue weighted by Crippen LogP contribution is 2.13. The Labute approximate surface area is 122 Å². The number of thioether (sulfide) groups is 1. The lowest BCUT2D eigenvalue weighted by Gasteiger charge is -2.19. The summed E-state index contributed by atoms with van der Waals surface area (Å²) in [6.45, 7) is 4.55. The van der Waals surface area contributed by atoms with Crippen LogP contribution in [0.2, 0.25) is 0 Å². The van der Waals surface area contributed by atoms with E-state index in [-0.39, 0.29) is 0 Å². The van der Waals surface area contributed by atoms with Crippen LogP contribution >= 0.6 is 11.8 Å². The molecular formula is C16H27NOS. The third-order valence-corrected chi connectivity index (χ3v) is 3.99. The molecule has 0 aliphatic carbocycles. The third kappa shape index (κ3) is 6.88. The Hall–Kier alpha value is -0.670. The van der Waals surface area contributed by atoms with Crippen LogP contribution in [0.3, 0.4) is 0 Å². The second-order valence-corrected chi connectivity index (χ2v) is 6.12. The number of ether oxygens (including phenoxy) is 1. The van der Waals surface area contributed by atoms with Crippen LogP contribution in [-0.4, -0.2) is 31.2 Å². The number of rotatable bonds is 9. The van der Waals surface area contributed by atoms with Gasteiger partial charge in [0.2, 0.25) is 0 Å². The zero-order valence-corrected chi connectivity index (χ0v) is 13.4. The summed E-state index contributed by atoms with van der Waals surface area (Å²) >= 11 is 1.92. The van der Waals surface area contributed by atoms with Crippen molar-refractivity contribution in [3.8, 4) is 5.75 Å². The summed E-state index contributed by atoms with van der Waals surface area (Å²) in [6.07, 6.45) is 5.71. The van der Waals surface area contributed by atoms with Crippen LogP contribution in [0, 0.1) is 0 Å². The molecule has 0 saturated carbocycles. The molecule has 1 aromatic rings. The second kappa shape index (κ2) is 9.27. The quantitative estimate of drug-likeness (QED) is 0.745. The van der Waals surface area contributed by atoms with Crippen LogP contribution in [0.4, 0.5) is 0 Å². The molecule has 0 saturated heterocycles. The van der Waals surface area contributed by atoms with Crippen molar-refractivity contribution in [2.45, 2.75) is 45.2 Å². The smallest absolute Gasteiger partial charge is 0.118 e. The fourth-order valence-electron chi connectivity index (χ4n) is 2.12. The maximum absolute atomic E-state index is 5.17. The van der Waals surface area contributed by atoms with E-state index in [1.54, 1.807) is 7.11 Å². The number of hydrogen-bond donors (Lipinski definition) is 1. The van der Waals surface area contributed by atoms with E-state index < -0.39 is 0 Å². The van der Waals surface area contributed by atoms with E-state index in [0.29, 0.717) is 12.1 Å². The largest absolute Gasteiger partial charge is 0.497 e. The van der Waals surface area contributed by atoms with E-state index in [9.17, 15) is 0 Å². The van der Waals surface area contributed by atoms with Crippen molar-refractivity contribution in [2.24, 2.45) is 0 Å². The number of nitrogens with one attached hydrogen (secondary N) is 1. The Kier molecular flexibility index (Phi) is 7.99. The molecule has 0 amide bonds. The molecule has 0 spiro atoms. The molecule has 3 heteroatoms. The van der Waals surface area contributed by atoms with Gasteiger partial charge < -0.3 is 10.1 Å². The van der Waals surface area contributed by atoms with Crippen LogP contribution in [0.15, 0.2) is 24.3 Å². The molecule has 0 aromatic heterocycles. The van der Waals surface area contributed by atoms with Crippen molar-refractivity contribution >= 4 is 11.8 Å². The first-order valence-electron chi connectivity index (χ1n) is 7.03. The van der Waals surface area contributed by atoms with Gasteiger partial charge in [0, 0.05) is 12.1 Å². The molecule has 0 radical (unpaired) electrons. The highest BCUT2D eigenvalue weighted by Gasteiger charge is 2.07. The average molecular weight is 281 g/mol. The molecule has 1 aromatic carbocycles. The molecule has 19 heavy (non-hydrogen) atoms. The van der Waals surface area contributed by atoms with Gasteiger partial charge in [0.05, 0.1) is 7.11 Å². The monoisotopic (exact) mass is 281 g/mol. The van der Waals surface area contributed by atoms with Gasteiger partial charge in [-0.1, -0.05) is 12.1 Å². The molecule has 0 heterocycles. The third-order valence-electron chi connectivity index (χ3n) is 3.35. The average Bonchev–Trinajstić information content (AvgIpc) is 2.43. The van der Waals surface area contributed by atoms with Crippen LogP contribution in [0.5, 0.6) is 5.75 Å². The first-order valence-corrected chi connectivity index (χ1v) is 8.43. The fourth-order valence-corrected chi connectivity index (χ4v) is 2.71. The first-order chi connectivity index (χ1) is 9.15. The van der Waals surface area contributed by atoms with Crippen LogP contribution in [0.1, 0.15) is 32.3 Å². The normalized spacial score (nSPS) is 14.1. The molecule has 0 aliphatic heterocycles. The van der Waals surface area contributed by atoms with E-state index in [0.717, 1.165) is 12.2 Å². The molecule has 0 aliphatic rings. The Morgan fingerprint density at radius 1 is 1.11 bits per heavy atom. The SMILES string of the molecule is COc1ccc(CCC(C)NC(C)CCSC)cc1. The maximum Gasteiger partial charge on any atom is 0.118 e. The number of hydrogen-bond acceptors (Lipinski definition) is 3. The molecule has 2 unspecified atom stereocenters. The van der Waals surface area contributed by atoms with Gasteiger partial charge in [0.25, 0.3) is 0 Å². The predicted octanol–water partition coefficient (Wildman–Crippen LogP) is 3.75. The highest BCUT2D eigenvalue weighted by molar-refractivity contribution is 7.98. The van der Waals surface area contributed by atoms with Gasteiger partial charge >= 0.3 is 0 Å². The van der Waals surface area contributed by atoms with E-state index in [1.165, 1.54) is 24.2 Å². The summed E-state index contributed by atoms with van der Waals surface area (Å²) in [4.78, 5) is 0. The lowest BCUT2D eigenvalue weighted by molar-refractivity contribution is 0.414. The summed E-state index contributed by atoms with van der Waals surface area (Å²) in [7, 11) is 1.71. The second-order valence-electron chi connectivity index (χ2n) is 5.14.